The zero-order valence-corrected chi connectivity index (χ0v) is 10.9. The quantitative estimate of drug-likeness (QED) is 0.872. The van der Waals surface area contributed by atoms with E-state index in [1.165, 1.54) is 25.7 Å². The van der Waals surface area contributed by atoms with Crippen LogP contribution in [0.1, 0.15) is 38.2 Å². The van der Waals surface area contributed by atoms with E-state index >= 15 is 0 Å². The van der Waals surface area contributed by atoms with E-state index in [2.05, 4.69) is 16.8 Å². The van der Waals surface area contributed by atoms with Crippen LogP contribution in [0.3, 0.4) is 0 Å². The minimum atomic E-state index is 0.818. The topological polar surface area (TPSA) is 42.2 Å². The van der Waals surface area contributed by atoms with Crippen molar-refractivity contribution in [1.29, 1.82) is 0 Å². The third kappa shape index (κ3) is 2.90. The van der Waals surface area contributed by atoms with Crippen molar-refractivity contribution in [2.45, 2.75) is 39.5 Å². The van der Waals surface area contributed by atoms with Crippen molar-refractivity contribution in [1.82, 2.24) is 4.98 Å². The number of nitrogens with two attached hydrogens (primary N) is 1. The van der Waals surface area contributed by atoms with Crippen molar-refractivity contribution in [2.75, 3.05) is 23.7 Å². The first-order valence-electron chi connectivity index (χ1n) is 6.67. The fraction of sp³-hybridized carbons (Fsp3) is 0.643. The summed E-state index contributed by atoms with van der Waals surface area (Å²) in [7, 11) is 0. The maximum Gasteiger partial charge on any atom is 0.151 e. The highest BCUT2D eigenvalue weighted by molar-refractivity contribution is 5.63. The maximum atomic E-state index is 6.04. The molecule has 1 aliphatic heterocycles. The SMILES string of the molecule is CCCC1CCN(c2ncc(C)cc2N)CC1. The Morgan fingerprint density at radius 3 is 2.71 bits per heavy atom. The summed E-state index contributed by atoms with van der Waals surface area (Å²) in [6.07, 6.45) is 7.13. The Bertz CT molecular complexity index is 368. The van der Waals surface area contributed by atoms with Crippen LogP contribution in [0, 0.1) is 12.8 Å². The highest BCUT2D eigenvalue weighted by atomic mass is 15.2. The number of nitrogens with zero attached hydrogens (tertiary/aromatic N) is 2. The monoisotopic (exact) mass is 233 g/mol. The molecule has 0 radical (unpaired) electrons. The van der Waals surface area contributed by atoms with E-state index in [0.29, 0.717) is 0 Å². The van der Waals surface area contributed by atoms with Gasteiger partial charge in [0.2, 0.25) is 0 Å². The van der Waals surface area contributed by atoms with Crippen molar-refractivity contribution in [3.05, 3.63) is 17.8 Å². The first-order valence-corrected chi connectivity index (χ1v) is 6.67. The molecule has 1 saturated heterocycles. The molecule has 17 heavy (non-hydrogen) atoms. The molecular weight excluding hydrogens is 210 g/mol. The van der Waals surface area contributed by atoms with Crippen LogP contribution in [-0.2, 0) is 0 Å². The van der Waals surface area contributed by atoms with Crippen LogP contribution in [0.2, 0.25) is 0 Å². The Labute approximate surface area is 104 Å². The predicted molar refractivity (Wildman–Crippen MR) is 73.2 cm³/mol. The molecule has 0 unspecified atom stereocenters. The highest BCUT2D eigenvalue weighted by Gasteiger charge is 2.20. The summed E-state index contributed by atoms with van der Waals surface area (Å²) in [5.74, 6) is 1.88. The molecule has 2 N–H and O–H groups in total. The molecule has 0 aromatic carbocycles. The Balaban J connectivity index is 2.00. The minimum Gasteiger partial charge on any atom is -0.396 e. The van der Waals surface area contributed by atoms with E-state index in [4.69, 9.17) is 5.73 Å². The van der Waals surface area contributed by atoms with Gasteiger partial charge in [-0.05, 0) is 37.3 Å². The van der Waals surface area contributed by atoms with Gasteiger partial charge >= 0.3 is 0 Å². The van der Waals surface area contributed by atoms with E-state index in [-0.39, 0.29) is 0 Å². The standard InChI is InChI=1S/C14H23N3/c1-3-4-12-5-7-17(8-6-12)14-13(15)9-11(2)10-16-14/h9-10,12H,3-8,15H2,1-2H3. The first kappa shape index (κ1) is 12.2. The lowest BCUT2D eigenvalue weighted by atomic mass is 9.92. The van der Waals surface area contributed by atoms with Crippen molar-refractivity contribution in [2.24, 2.45) is 5.92 Å². The summed E-state index contributed by atoms with van der Waals surface area (Å²) in [5, 5.41) is 0. The second-order valence-electron chi connectivity index (χ2n) is 5.14. The van der Waals surface area contributed by atoms with Crippen molar-refractivity contribution in [3.63, 3.8) is 0 Å². The summed E-state index contributed by atoms with van der Waals surface area (Å²) >= 11 is 0. The van der Waals surface area contributed by atoms with Crippen molar-refractivity contribution in [3.8, 4) is 0 Å². The van der Waals surface area contributed by atoms with Gasteiger partial charge in [0.1, 0.15) is 0 Å². The summed E-state index contributed by atoms with van der Waals surface area (Å²) in [4.78, 5) is 6.81. The molecule has 1 aromatic rings. The molecule has 94 valence electrons. The minimum absolute atomic E-state index is 0.818. The Morgan fingerprint density at radius 2 is 2.12 bits per heavy atom. The number of piperidine rings is 1. The number of aryl methyl sites for hydroxylation is 1. The van der Waals surface area contributed by atoms with Gasteiger partial charge in [0, 0.05) is 19.3 Å². The number of hydrogen-bond donors (Lipinski definition) is 1. The normalized spacial score (nSPS) is 17.4. The zero-order chi connectivity index (χ0) is 12.3. The predicted octanol–water partition coefficient (Wildman–Crippen LogP) is 2.99. The molecule has 0 saturated carbocycles. The van der Waals surface area contributed by atoms with Crippen LogP contribution < -0.4 is 10.6 Å². The fourth-order valence-corrected chi connectivity index (χ4v) is 2.69. The number of hydrogen-bond acceptors (Lipinski definition) is 3. The van der Waals surface area contributed by atoms with Gasteiger partial charge in [0.05, 0.1) is 5.69 Å². The molecular formula is C14H23N3. The zero-order valence-electron chi connectivity index (χ0n) is 10.9. The van der Waals surface area contributed by atoms with Gasteiger partial charge in [0.25, 0.3) is 0 Å². The van der Waals surface area contributed by atoms with Gasteiger partial charge in [-0.3, -0.25) is 0 Å². The smallest absolute Gasteiger partial charge is 0.151 e. The lowest BCUT2D eigenvalue weighted by Crippen LogP contribution is -2.34. The summed E-state index contributed by atoms with van der Waals surface area (Å²) in [5.41, 5.74) is 7.99. The van der Waals surface area contributed by atoms with E-state index in [9.17, 15) is 0 Å². The van der Waals surface area contributed by atoms with Gasteiger partial charge in [-0.2, -0.15) is 0 Å². The molecule has 0 aliphatic carbocycles. The molecule has 0 amide bonds. The van der Waals surface area contributed by atoms with Gasteiger partial charge in [-0.25, -0.2) is 4.98 Å². The van der Waals surface area contributed by atoms with Crippen LogP contribution in [0.15, 0.2) is 12.3 Å². The third-order valence-corrected chi connectivity index (χ3v) is 3.64. The second-order valence-corrected chi connectivity index (χ2v) is 5.14. The molecule has 3 nitrogen and oxygen atoms in total. The van der Waals surface area contributed by atoms with Crippen LogP contribution in [0.25, 0.3) is 0 Å². The molecule has 3 heteroatoms. The summed E-state index contributed by atoms with van der Waals surface area (Å²) < 4.78 is 0. The number of aromatic nitrogens is 1. The average molecular weight is 233 g/mol. The Hall–Kier alpha value is -1.25. The van der Waals surface area contributed by atoms with Crippen LogP contribution >= 0.6 is 0 Å². The highest BCUT2D eigenvalue weighted by Crippen LogP contribution is 2.28. The average Bonchev–Trinajstić information content (AvgIpc) is 2.31. The van der Waals surface area contributed by atoms with Crippen molar-refractivity contribution >= 4 is 11.5 Å². The van der Waals surface area contributed by atoms with E-state index in [1.807, 2.05) is 19.2 Å². The molecule has 1 aliphatic rings. The maximum absolute atomic E-state index is 6.04. The van der Waals surface area contributed by atoms with Crippen molar-refractivity contribution < 1.29 is 0 Å². The number of rotatable bonds is 3. The van der Waals surface area contributed by atoms with E-state index in [1.54, 1.807) is 0 Å². The van der Waals surface area contributed by atoms with E-state index < -0.39 is 0 Å². The van der Waals surface area contributed by atoms with Crippen LogP contribution in [-0.4, -0.2) is 18.1 Å². The van der Waals surface area contributed by atoms with Crippen LogP contribution in [0.5, 0.6) is 0 Å². The lowest BCUT2D eigenvalue weighted by Gasteiger charge is -2.33. The van der Waals surface area contributed by atoms with Gasteiger partial charge < -0.3 is 10.6 Å². The lowest BCUT2D eigenvalue weighted by molar-refractivity contribution is 0.377. The second kappa shape index (κ2) is 5.39. The fourth-order valence-electron chi connectivity index (χ4n) is 2.69. The first-order chi connectivity index (χ1) is 8.20. The molecule has 0 bridgehead atoms. The van der Waals surface area contributed by atoms with Gasteiger partial charge in [-0.15, -0.1) is 0 Å². The number of nitrogen functional groups attached to an aromatic ring is 1. The van der Waals surface area contributed by atoms with E-state index in [0.717, 1.165) is 36.1 Å². The van der Waals surface area contributed by atoms with Crippen LogP contribution in [0.4, 0.5) is 11.5 Å². The third-order valence-electron chi connectivity index (χ3n) is 3.64. The molecule has 2 heterocycles. The number of anilines is 2. The summed E-state index contributed by atoms with van der Waals surface area (Å²) in [6.45, 7) is 6.50. The molecule has 1 aromatic heterocycles. The van der Waals surface area contributed by atoms with Gasteiger partial charge in [-0.1, -0.05) is 19.8 Å². The largest absolute Gasteiger partial charge is 0.396 e. The molecule has 2 rings (SSSR count). The Morgan fingerprint density at radius 1 is 1.41 bits per heavy atom. The number of pyridine rings is 1. The summed E-state index contributed by atoms with van der Waals surface area (Å²) in [6, 6.07) is 2.01. The molecule has 1 fully saturated rings. The Kier molecular flexibility index (Phi) is 3.87. The molecule has 0 spiro atoms. The molecule has 0 atom stereocenters. The van der Waals surface area contributed by atoms with Gasteiger partial charge in [0.15, 0.2) is 5.82 Å².